The van der Waals surface area contributed by atoms with Crippen molar-refractivity contribution >= 4 is 39.4 Å². The van der Waals surface area contributed by atoms with Crippen molar-refractivity contribution in [1.29, 1.82) is 0 Å². The van der Waals surface area contributed by atoms with Crippen molar-refractivity contribution in [2.75, 3.05) is 11.9 Å². The molecule has 3 rings (SSSR count). The SMILES string of the molecule is CCCCn1c(=O)[nH]c(=O)c2c1nc(CSc1nnc(NCC)s1)n2CC. The standard InChI is InChI=1S/C16H23N7O2S2/c1-4-7-8-23-12-11(13(24)19-15(23)25)22(6-3)10(18-12)9-26-16-21-20-14(27-16)17-5-2/h4-9H2,1-3H3,(H,17,20)(H,19,24,25). The molecule has 3 aromatic rings. The first kappa shape index (κ1) is 19.6. The number of nitrogens with zero attached hydrogens (tertiary/aromatic N) is 5. The van der Waals surface area contributed by atoms with Gasteiger partial charge in [0.25, 0.3) is 5.56 Å². The van der Waals surface area contributed by atoms with Crippen molar-refractivity contribution in [3.05, 3.63) is 26.7 Å². The first-order valence-corrected chi connectivity index (χ1v) is 10.8. The van der Waals surface area contributed by atoms with Crippen LogP contribution in [0, 0.1) is 0 Å². The lowest BCUT2D eigenvalue weighted by molar-refractivity contribution is 0.613. The molecule has 0 fully saturated rings. The van der Waals surface area contributed by atoms with Crippen LogP contribution in [0.4, 0.5) is 5.13 Å². The second-order valence-corrected chi connectivity index (χ2v) is 8.10. The van der Waals surface area contributed by atoms with Gasteiger partial charge in [0, 0.05) is 19.6 Å². The molecule has 0 aliphatic carbocycles. The highest BCUT2D eigenvalue weighted by Gasteiger charge is 2.18. The van der Waals surface area contributed by atoms with Crippen LogP contribution in [0.3, 0.4) is 0 Å². The van der Waals surface area contributed by atoms with Gasteiger partial charge in [-0.15, -0.1) is 10.2 Å². The van der Waals surface area contributed by atoms with E-state index in [1.807, 2.05) is 18.4 Å². The summed E-state index contributed by atoms with van der Waals surface area (Å²) in [6.07, 6.45) is 1.80. The molecule has 0 bridgehead atoms. The molecule has 0 atom stereocenters. The molecule has 0 aliphatic heterocycles. The topological polar surface area (TPSA) is 110 Å². The molecule has 9 nitrogen and oxygen atoms in total. The van der Waals surface area contributed by atoms with Gasteiger partial charge < -0.3 is 9.88 Å². The molecule has 0 aromatic carbocycles. The zero-order valence-electron chi connectivity index (χ0n) is 15.6. The number of fused-ring (bicyclic) bond motifs is 1. The third kappa shape index (κ3) is 4.08. The van der Waals surface area contributed by atoms with Gasteiger partial charge in [0.2, 0.25) is 5.13 Å². The van der Waals surface area contributed by atoms with E-state index in [-0.39, 0.29) is 0 Å². The average Bonchev–Trinajstić information content (AvgIpc) is 3.24. The fourth-order valence-corrected chi connectivity index (χ4v) is 4.58. The summed E-state index contributed by atoms with van der Waals surface area (Å²) in [7, 11) is 0. The smallest absolute Gasteiger partial charge is 0.330 e. The Hall–Kier alpha value is -2.14. The normalized spacial score (nSPS) is 11.4. The van der Waals surface area contributed by atoms with Crippen LogP contribution in [0.2, 0.25) is 0 Å². The number of hydrogen-bond acceptors (Lipinski definition) is 8. The van der Waals surface area contributed by atoms with Crippen LogP contribution in [0.5, 0.6) is 0 Å². The van der Waals surface area contributed by atoms with Crippen molar-refractivity contribution in [1.82, 2.24) is 29.3 Å². The molecule has 3 aromatic heterocycles. The van der Waals surface area contributed by atoms with Crippen LogP contribution in [0.15, 0.2) is 13.9 Å². The number of imidazole rings is 1. The molecule has 0 unspecified atom stereocenters. The van der Waals surface area contributed by atoms with Gasteiger partial charge in [0.05, 0.1) is 5.75 Å². The fraction of sp³-hybridized carbons (Fsp3) is 0.562. The monoisotopic (exact) mass is 409 g/mol. The second kappa shape index (κ2) is 8.70. The lowest BCUT2D eigenvalue weighted by Gasteiger charge is -2.06. The fourth-order valence-electron chi connectivity index (χ4n) is 2.81. The molecule has 0 radical (unpaired) electrons. The van der Waals surface area contributed by atoms with Gasteiger partial charge >= 0.3 is 5.69 Å². The number of H-pyrrole nitrogens is 1. The number of aromatic nitrogens is 6. The number of unbranched alkanes of at least 4 members (excludes halogenated alkanes) is 1. The Bertz CT molecular complexity index is 1030. The Morgan fingerprint density at radius 2 is 2.00 bits per heavy atom. The van der Waals surface area contributed by atoms with Crippen molar-refractivity contribution < 1.29 is 0 Å². The van der Waals surface area contributed by atoms with Gasteiger partial charge in [-0.1, -0.05) is 36.4 Å². The quantitative estimate of drug-likeness (QED) is 0.522. The van der Waals surface area contributed by atoms with E-state index in [2.05, 4.69) is 32.4 Å². The largest absolute Gasteiger partial charge is 0.360 e. The van der Waals surface area contributed by atoms with Crippen molar-refractivity contribution in [2.24, 2.45) is 0 Å². The maximum absolute atomic E-state index is 12.4. The third-order valence-corrected chi connectivity index (χ3v) is 6.09. The lowest BCUT2D eigenvalue weighted by atomic mass is 10.3. The van der Waals surface area contributed by atoms with E-state index in [9.17, 15) is 9.59 Å². The van der Waals surface area contributed by atoms with Crippen LogP contribution in [-0.2, 0) is 18.8 Å². The van der Waals surface area contributed by atoms with Crippen LogP contribution in [-0.4, -0.2) is 35.8 Å². The highest BCUT2D eigenvalue weighted by atomic mass is 32.2. The van der Waals surface area contributed by atoms with Crippen LogP contribution >= 0.6 is 23.1 Å². The summed E-state index contributed by atoms with van der Waals surface area (Å²) in [5.41, 5.74) is 0.119. The van der Waals surface area contributed by atoms with E-state index in [1.165, 1.54) is 23.1 Å². The third-order valence-electron chi connectivity index (χ3n) is 4.08. The molecular formula is C16H23N7O2S2. The predicted octanol–water partition coefficient (Wildman–Crippen LogP) is 2.28. The van der Waals surface area contributed by atoms with Crippen LogP contribution in [0.1, 0.15) is 39.4 Å². The predicted molar refractivity (Wildman–Crippen MR) is 109 cm³/mol. The van der Waals surface area contributed by atoms with E-state index in [0.717, 1.165) is 34.7 Å². The van der Waals surface area contributed by atoms with E-state index in [4.69, 9.17) is 0 Å². The number of aromatic amines is 1. The molecule has 146 valence electrons. The Morgan fingerprint density at radius 1 is 1.19 bits per heavy atom. The molecule has 0 spiro atoms. The second-order valence-electron chi connectivity index (χ2n) is 5.90. The zero-order valence-corrected chi connectivity index (χ0v) is 17.2. The number of anilines is 1. The number of thioether (sulfide) groups is 1. The van der Waals surface area contributed by atoms with E-state index >= 15 is 0 Å². The summed E-state index contributed by atoms with van der Waals surface area (Å²) in [4.78, 5) is 31.7. The Labute approximate surface area is 164 Å². The first-order valence-electron chi connectivity index (χ1n) is 9.01. The van der Waals surface area contributed by atoms with Gasteiger partial charge in [-0.3, -0.25) is 14.3 Å². The molecule has 0 saturated carbocycles. The van der Waals surface area contributed by atoms with Gasteiger partial charge in [-0.05, 0) is 20.3 Å². The van der Waals surface area contributed by atoms with Crippen LogP contribution in [0.25, 0.3) is 11.2 Å². The molecule has 2 N–H and O–H groups in total. The molecule has 0 aliphatic rings. The molecule has 27 heavy (non-hydrogen) atoms. The number of nitrogens with one attached hydrogen (secondary N) is 2. The van der Waals surface area contributed by atoms with Crippen molar-refractivity contribution in [2.45, 2.75) is 56.8 Å². The molecule has 3 heterocycles. The average molecular weight is 410 g/mol. The highest BCUT2D eigenvalue weighted by molar-refractivity contribution is 8.00. The highest BCUT2D eigenvalue weighted by Crippen LogP contribution is 2.28. The Morgan fingerprint density at radius 3 is 2.70 bits per heavy atom. The van der Waals surface area contributed by atoms with Gasteiger partial charge in [0.1, 0.15) is 5.82 Å². The molecule has 0 saturated heterocycles. The lowest BCUT2D eigenvalue weighted by Crippen LogP contribution is -2.31. The minimum absolute atomic E-state index is 0.390. The number of aryl methyl sites for hydroxylation is 2. The van der Waals surface area contributed by atoms with Gasteiger partial charge in [-0.25, -0.2) is 9.78 Å². The van der Waals surface area contributed by atoms with E-state index in [1.54, 1.807) is 4.57 Å². The molecule has 0 amide bonds. The summed E-state index contributed by atoms with van der Waals surface area (Å²) in [6.45, 7) is 7.96. The van der Waals surface area contributed by atoms with Crippen molar-refractivity contribution in [3.63, 3.8) is 0 Å². The summed E-state index contributed by atoms with van der Waals surface area (Å²) in [5, 5.41) is 12.2. The minimum atomic E-state index is -0.402. The molecular weight excluding hydrogens is 386 g/mol. The Kier molecular flexibility index (Phi) is 6.32. The van der Waals surface area contributed by atoms with Crippen LogP contribution < -0.4 is 16.6 Å². The summed E-state index contributed by atoms with van der Waals surface area (Å²) >= 11 is 3.01. The van der Waals surface area contributed by atoms with E-state index < -0.39 is 11.2 Å². The number of rotatable bonds is 9. The molecule has 11 heteroatoms. The Balaban J connectivity index is 1.96. The maximum Gasteiger partial charge on any atom is 0.330 e. The maximum atomic E-state index is 12.4. The number of hydrogen-bond donors (Lipinski definition) is 2. The van der Waals surface area contributed by atoms with Crippen molar-refractivity contribution in [3.8, 4) is 0 Å². The van der Waals surface area contributed by atoms with Gasteiger partial charge in [0.15, 0.2) is 15.5 Å². The summed E-state index contributed by atoms with van der Waals surface area (Å²) < 4.78 is 4.27. The van der Waals surface area contributed by atoms with Gasteiger partial charge in [-0.2, -0.15) is 0 Å². The zero-order chi connectivity index (χ0) is 19.4. The van der Waals surface area contributed by atoms with E-state index in [0.29, 0.717) is 30.0 Å². The minimum Gasteiger partial charge on any atom is -0.360 e. The summed E-state index contributed by atoms with van der Waals surface area (Å²) in [5.74, 6) is 1.30. The summed E-state index contributed by atoms with van der Waals surface area (Å²) in [6, 6.07) is 0. The first-order chi connectivity index (χ1) is 13.1.